The molecule has 0 aliphatic heterocycles. The number of amides is 1. The van der Waals surface area contributed by atoms with E-state index in [-0.39, 0.29) is 23.6 Å². The van der Waals surface area contributed by atoms with Crippen LogP contribution in [0.25, 0.3) is 0 Å². The first-order chi connectivity index (χ1) is 12.8. The highest BCUT2D eigenvalue weighted by atomic mass is 19.3. The molecule has 8 heteroatoms. The van der Waals surface area contributed by atoms with Crippen LogP contribution in [0, 0.1) is 0 Å². The van der Waals surface area contributed by atoms with Crippen LogP contribution in [-0.4, -0.2) is 37.2 Å². The van der Waals surface area contributed by atoms with Gasteiger partial charge in [-0.05, 0) is 30.7 Å². The molecular formula is C19H19F2NO5. The zero-order chi connectivity index (χ0) is 20.0. The van der Waals surface area contributed by atoms with Crippen LogP contribution < -0.4 is 14.8 Å². The molecule has 0 fully saturated rings. The van der Waals surface area contributed by atoms with E-state index in [9.17, 15) is 23.5 Å². The Morgan fingerprint density at radius 2 is 1.81 bits per heavy atom. The highest BCUT2D eigenvalue weighted by Gasteiger charge is 2.35. The molecule has 2 N–H and O–H groups in total. The predicted molar refractivity (Wildman–Crippen MR) is 93.4 cm³/mol. The van der Waals surface area contributed by atoms with Crippen LogP contribution in [0.5, 0.6) is 11.5 Å². The summed E-state index contributed by atoms with van der Waals surface area (Å²) in [6.45, 7) is -1.69. The Bertz CT molecular complexity index is 813. The van der Waals surface area contributed by atoms with Gasteiger partial charge in [0.05, 0.1) is 7.11 Å². The topological polar surface area (TPSA) is 84.9 Å². The number of hydrogen-bond donors (Lipinski definition) is 2. The lowest BCUT2D eigenvalue weighted by Gasteiger charge is -2.25. The maximum Gasteiger partial charge on any atom is 0.387 e. The van der Waals surface area contributed by atoms with Gasteiger partial charge in [0, 0.05) is 12.1 Å². The predicted octanol–water partition coefficient (Wildman–Crippen LogP) is 3.07. The van der Waals surface area contributed by atoms with Crippen molar-refractivity contribution in [3.63, 3.8) is 0 Å². The Morgan fingerprint density at radius 3 is 2.37 bits per heavy atom. The number of methoxy groups -OCH3 is 1. The first-order valence-electron chi connectivity index (χ1n) is 7.98. The minimum absolute atomic E-state index is 0.0352. The molecule has 1 amide bonds. The second kappa shape index (κ2) is 8.48. The lowest BCUT2D eigenvalue weighted by Crippen LogP contribution is -2.44. The normalized spacial score (nSPS) is 12.9. The van der Waals surface area contributed by atoms with Gasteiger partial charge in [-0.2, -0.15) is 8.78 Å². The smallest absolute Gasteiger partial charge is 0.387 e. The summed E-state index contributed by atoms with van der Waals surface area (Å²) in [6, 6.07) is 12.2. The van der Waals surface area contributed by atoms with Crippen LogP contribution in [0.2, 0.25) is 0 Å². The Morgan fingerprint density at radius 1 is 1.15 bits per heavy atom. The van der Waals surface area contributed by atoms with Crippen LogP contribution in [0.4, 0.5) is 8.78 Å². The lowest BCUT2D eigenvalue weighted by atomic mass is 9.82. The van der Waals surface area contributed by atoms with E-state index in [1.165, 1.54) is 32.2 Å². The SMILES string of the molecule is COc1cc(C(=O)NCC(C)(C(=O)O)c2ccccc2)ccc1OC(F)F. The van der Waals surface area contributed by atoms with Crippen LogP contribution in [0.1, 0.15) is 22.8 Å². The highest BCUT2D eigenvalue weighted by molar-refractivity contribution is 5.95. The molecule has 0 aromatic heterocycles. The third-order valence-corrected chi connectivity index (χ3v) is 4.13. The average Bonchev–Trinajstić information content (AvgIpc) is 2.66. The molecule has 2 aromatic carbocycles. The van der Waals surface area contributed by atoms with Crippen molar-refractivity contribution < 1.29 is 33.0 Å². The van der Waals surface area contributed by atoms with Gasteiger partial charge in [-0.1, -0.05) is 30.3 Å². The number of rotatable bonds is 8. The number of carbonyl (C=O) groups is 2. The molecule has 27 heavy (non-hydrogen) atoms. The van der Waals surface area contributed by atoms with E-state index < -0.39 is 23.9 Å². The van der Waals surface area contributed by atoms with Crippen molar-refractivity contribution in [3.05, 3.63) is 59.7 Å². The number of benzene rings is 2. The molecule has 0 saturated carbocycles. The molecule has 0 saturated heterocycles. The number of carbonyl (C=O) groups excluding carboxylic acids is 1. The number of carboxylic acids is 1. The van der Waals surface area contributed by atoms with Gasteiger partial charge in [0.25, 0.3) is 5.91 Å². The van der Waals surface area contributed by atoms with E-state index in [1.54, 1.807) is 30.3 Å². The molecule has 0 aliphatic rings. The number of hydrogen-bond acceptors (Lipinski definition) is 4. The summed E-state index contributed by atoms with van der Waals surface area (Å²) in [5.74, 6) is -1.90. The lowest BCUT2D eigenvalue weighted by molar-refractivity contribution is -0.142. The van der Waals surface area contributed by atoms with E-state index >= 15 is 0 Å². The van der Waals surface area contributed by atoms with Crippen molar-refractivity contribution in [1.29, 1.82) is 0 Å². The molecule has 1 unspecified atom stereocenters. The molecule has 1 atom stereocenters. The minimum atomic E-state index is -3.03. The molecular weight excluding hydrogens is 360 g/mol. The molecule has 0 bridgehead atoms. The summed E-state index contributed by atoms with van der Waals surface area (Å²) < 4.78 is 34.0. The van der Waals surface area contributed by atoms with E-state index in [4.69, 9.17) is 4.74 Å². The summed E-state index contributed by atoms with van der Waals surface area (Å²) in [7, 11) is 1.26. The quantitative estimate of drug-likeness (QED) is 0.736. The number of ether oxygens (including phenoxy) is 2. The van der Waals surface area contributed by atoms with E-state index in [0.29, 0.717) is 5.56 Å². The van der Waals surface area contributed by atoms with Crippen molar-refractivity contribution in [2.24, 2.45) is 0 Å². The third kappa shape index (κ3) is 4.72. The molecule has 0 heterocycles. The van der Waals surface area contributed by atoms with E-state index in [1.807, 2.05) is 0 Å². The fourth-order valence-corrected chi connectivity index (χ4v) is 2.47. The largest absolute Gasteiger partial charge is 0.493 e. The average molecular weight is 379 g/mol. The molecule has 2 aromatic rings. The summed E-state index contributed by atoms with van der Waals surface area (Å²) in [6.07, 6.45) is 0. The van der Waals surface area contributed by atoms with Gasteiger partial charge in [-0.15, -0.1) is 0 Å². The van der Waals surface area contributed by atoms with Crippen molar-refractivity contribution in [2.75, 3.05) is 13.7 Å². The van der Waals surface area contributed by atoms with Crippen LogP contribution in [0.3, 0.4) is 0 Å². The van der Waals surface area contributed by atoms with Gasteiger partial charge < -0.3 is 19.9 Å². The van der Waals surface area contributed by atoms with Crippen molar-refractivity contribution in [2.45, 2.75) is 19.0 Å². The van der Waals surface area contributed by atoms with Gasteiger partial charge in [-0.3, -0.25) is 9.59 Å². The van der Waals surface area contributed by atoms with E-state index in [0.717, 1.165) is 0 Å². The second-order valence-electron chi connectivity index (χ2n) is 5.93. The van der Waals surface area contributed by atoms with E-state index in [2.05, 4.69) is 10.1 Å². The zero-order valence-electron chi connectivity index (χ0n) is 14.7. The monoisotopic (exact) mass is 379 g/mol. The van der Waals surface area contributed by atoms with Gasteiger partial charge >= 0.3 is 12.6 Å². The Hall–Kier alpha value is -3.16. The molecule has 0 aliphatic carbocycles. The Labute approximate surface area is 154 Å². The first-order valence-corrected chi connectivity index (χ1v) is 7.98. The number of halogens is 2. The van der Waals surface area contributed by atoms with Gasteiger partial charge in [0.1, 0.15) is 5.41 Å². The molecule has 0 spiro atoms. The van der Waals surface area contributed by atoms with Crippen LogP contribution in [-0.2, 0) is 10.2 Å². The summed E-state index contributed by atoms with van der Waals surface area (Å²) in [4.78, 5) is 24.2. The van der Waals surface area contributed by atoms with Crippen LogP contribution in [0.15, 0.2) is 48.5 Å². The zero-order valence-corrected chi connectivity index (χ0v) is 14.7. The number of alkyl halides is 2. The number of aliphatic carboxylic acids is 1. The first kappa shape index (κ1) is 20.2. The number of carboxylic acid groups (broad SMARTS) is 1. The van der Waals surface area contributed by atoms with Gasteiger partial charge in [0.2, 0.25) is 0 Å². The van der Waals surface area contributed by atoms with Gasteiger partial charge in [0.15, 0.2) is 11.5 Å². The standard InChI is InChI=1S/C19H19F2NO5/c1-19(17(24)25,13-6-4-3-5-7-13)11-22-16(23)12-8-9-14(27-18(20)21)15(10-12)26-2/h3-10,18H,11H2,1-2H3,(H,22,23)(H,24,25). The summed E-state index contributed by atoms with van der Waals surface area (Å²) >= 11 is 0. The van der Waals surface area contributed by atoms with Crippen molar-refractivity contribution in [3.8, 4) is 11.5 Å². The maximum atomic E-state index is 12.4. The minimum Gasteiger partial charge on any atom is -0.493 e. The maximum absolute atomic E-state index is 12.4. The van der Waals surface area contributed by atoms with Crippen LogP contribution >= 0.6 is 0 Å². The summed E-state index contributed by atoms with van der Waals surface area (Å²) in [5, 5.41) is 12.2. The third-order valence-electron chi connectivity index (χ3n) is 4.13. The highest BCUT2D eigenvalue weighted by Crippen LogP contribution is 2.29. The molecule has 6 nitrogen and oxygen atoms in total. The number of nitrogens with one attached hydrogen (secondary N) is 1. The van der Waals surface area contributed by atoms with Crippen molar-refractivity contribution >= 4 is 11.9 Å². The fourth-order valence-electron chi connectivity index (χ4n) is 2.47. The molecule has 2 rings (SSSR count). The Kier molecular flexibility index (Phi) is 6.33. The molecule has 144 valence electrons. The Balaban J connectivity index is 2.18. The van der Waals surface area contributed by atoms with Gasteiger partial charge in [-0.25, -0.2) is 0 Å². The summed E-state index contributed by atoms with van der Waals surface area (Å²) in [5.41, 5.74) is -0.676. The van der Waals surface area contributed by atoms with Crippen molar-refractivity contribution in [1.82, 2.24) is 5.32 Å². The second-order valence-corrected chi connectivity index (χ2v) is 5.93. The fraction of sp³-hybridized carbons (Fsp3) is 0.263. The molecule has 0 radical (unpaired) electrons.